The monoisotopic (exact) mass is 350 g/mol. The van der Waals surface area contributed by atoms with E-state index in [2.05, 4.69) is 47.5 Å². The number of carbonyl (C=O) groups is 1. The number of hydrogen-bond donors (Lipinski definition) is 1. The Bertz CT molecular complexity index is 942. The molecule has 2 aromatic carbocycles. The van der Waals surface area contributed by atoms with Gasteiger partial charge in [-0.3, -0.25) is 4.79 Å². The molecule has 0 radical (unpaired) electrons. The molecular formula is C20H22N4O2. The highest BCUT2D eigenvalue weighted by atomic mass is 16.5. The summed E-state index contributed by atoms with van der Waals surface area (Å²) in [7, 11) is 0. The van der Waals surface area contributed by atoms with Crippen molar-refractivity contribution in [2.45, 2.75) is 32.8 Å². The van der Waals surface area contributed by atoms with Crippen LogP contribution in [0.15, 0.2) is 36.4 Å². The van der Waals surface area contributed by atoms with Crippen LogP contribution in [-0.2, 0) is 0 Å². The van der Waals surface area contributed by atoms with E-state index in [9.17, 15) is 4.79 Å². The Morgan fingerprint density at radius 1 is 1.08 bits per heavy atom. The van der Waals surface area contributed by atoms with E-state index in [0.29, 0.717) is 24.2 Å². The Morgan fingerprint density at radius 3 is 2.65 bits per heavy atom. The van der Waals surface area contributed by atoms with E-state index in [4.69, 9.17) is 4.74 Å². The largest absolute Gasteiger partial charge is 0.490 e. The summed E-state index contributed by atoms with van der Waals surface area (Å²) in [6, 6.07) is 11.7. The lowest BCUT2D eigenvalue weighted by Gasteiger charge is -2.32. The number of piperidine rings is 1. The molecule has 1 saturated heterocycles. The van der Waals surface area contributed by atoms with Crippen LogP contribution in [0.4, 0.5) is 0 Å². The highest BCUT2D eigenvalue weighted by Crippen LogP contribution is 2.24. The molecule has 1 amide bonds. The normalized spacial score (nSPS) is 15.4. The number of aromatic nitrogens is 3. The third-order valence-corrected chi connectivity index (χ3v) is 4.93. The number of likely N-dealkylation sites (tertiary alicyclic amines) is 1. The van der Waals surface area contributed by atoms with Crippen molar-refractivity contribution in [2.24, 2.45) is 0 Å². The third-order valence-electron chi connectivity index (χ3n) is 4.93. The zero-order valence-electron chi connectivity index (χ0n) is 15.0. The van der Waals surface area contributed by atoms with Gasteiger partial charge in [0.05, 0.1) is 0 Å². The molecule has 0 atom stereocenters. The molecule has 0 saturated carbocycles. The summed E-state index contributed by atoms with van der Waals surface area (Å²) < 4.78 is 6.19. The second-order valence-electron chi connectivity index (χ2n) is 6.91. The Hall–Kier alpha value is -2.89. The number of nitrogens with zero attached hydrogens (tertiary/aromatic N) is 3. The lowest BCUT2D eigenvalue weighted by molar-refractivity contribution is 0.0594. The summed E-state index contributed by atoms with van der Waals surface area (Å²) >= 11 is 0. The molecule has 0 unspecified atom stereocenters. The molecule has 1 aliphatic heterocycles. The van der Waals surface area contributed by atoms with Gasteiger partial charge in [-0.25, -0.2) is 0 Å². The maximum Gasteiger partial charge on any atom is 0.253 e. The lowest BCUT2D eigenvalue weighted by atomic mass is 10.1. The molecule has 1 fully saturated rings. The van der Waals surface area contributed by atoms with Gasteiger partial charge < -0.3 is 9.64 Å². The van der Waals surface area contributed by atoms with E-state index in [-0.39, 0.29) is 12.0 Å². The van der Waals surface area contributed by atoms with Crippen LogP contribution in [0.25, 0.3) is 11.0 Å². The van der Waals surface area contributed by atoms with Gasteiger partial charge in [0.25, 0.3) is 5.91 Å². The van der Waals surface area contributed by atoms with Crippen molar-refractivity contribution in [2.75, 3.05) is 13.1 Å². The van der Waals surface area contributed by atoms with Crippen LogP contribution in [0.2, 0.25) is 0 Å². The first-order valence-electron chi connectivity index (χ1n) is 8.94. The zero-order chi connectivity index (χ0) is 18.1. The Morgan fingerprint density at radius 2 is 1.85 bits per heavy atom. The fraction of sp³-hybridized carbons (Fsp3) is 0.350. The van der Waals surface area contributed by atoms with Crippen LogP contribution in [0.5, 0.6) is 5.75 Å². The molecule has 1 aromatic heterocycles. The van der Waals surface area contributed by atoms with Crippen LogP contribution in [-0.4, -0.2) is 45.4 Å². The average Bonchev–Trinajstić information content (AvgIpc) is 3.12. The minimum Gasteiger partial charge on any atom is -0.490 e. The number of H-pyrrole nitrogens is 1. The summed E-state index contributed by atoms with van der Waals surface area (Å²) in [4.78, 5) is 14.6. The summed E-state index contributed by atoms with van der Waals surface area (Å²) in [5, 5.41) is 10.7. The number of nitrogens with one attached hydrogen (secondary N) is 1. The molecule has 134 valence electrons. The fourth-order valence-electron chi connectivity index (χ4n) is 3.35. The van der Waals surface area contributed by atoms with Crippen molar-refractivity contribution < 1.29 is 9.53 Å². The van der Waals surface area contributed by atoms with Crippen molar-refractivity contribution in [3.8, 4) is 5.75 Å². The van der Waals surface area contributed by atoms with E-state index in [1.165, 1.54) is 5.56 Å². The molecular weight excluding hydrogens is 328 g/mol. The topological polar surface area (TPSA) is 71.1 Å². The van der Waals surface area contributed by atoms with Gasteiger partial charge in [-0.05, 0) is 49.2 Å². The summed E-state index contributed by atoms with van der Waals surface area (Å²) in [5.41, 5.74) is 4.47. The highest BCUT2D eigenvalue weighted by molar-refractivity contribution is 5.97. The third kappa shape index (κ3) is 3.27. The zero-order valence-corrected chi connectivity index (χ0v) is 15.0. The van der Waals surface area contributed by atoms with Gasteiger partial charge >= 0.3 is 0 Å². The second kappa shape index (κ2) is 6.78. The number of fused-ring (bicyclic) bond motifs is 1. The molecule has 6 nitrogen and oxygen atoms in total. The average molecular weight is 350 g/mol. The first-order valence-corrected chi connectivity index (χ1v) is 8.94. The predicted octanol–water partition coefficient (Wildman–Crippen LogP) is 3.26. The maximum absolute atomic E-state index is 12.8. The molecule has 1 aliphatic rings. The number of amides is 1. The minimum atomic E-state index is 0.0417. The maximum atomic E-state index is 12.8. The van der Waals surface area contributed by atoms with E-state index in [1.807, 2.05) is 17.0 Å². The van der Waals surface area contributed by atoms with Gasteiger partial charge in [-0.1, -0.05) is 12.1 Å². The first-order chi connectivity index (χ1) is 12.6. The van der Waals surface area contributed by atoms with Crippen molar-refractivity contribution in [3.63, 3.8) is 0 Å². The molecule has 2 heterocycles. The number of benzene rings is 2. The number of hydrogen-bond acceptors (Lipinski definition) is 4. The lowest BCUT2D eigenvalue weighted by Crippen LogP contribution is -2.41. The number of ether oxygens (including phenoxy) is 1. The molecule has 0 bridgehead atoms. The van der Waals surface area contributed by atoms with Crippen molar-refractivity contribution in [1.29, 1.82) is 0 Å². The van der Waals surface area contributed by atoms with Crippen LogP contribution >= 0.6 is 0 Å². The SMILES string of the molecule is Cc1ccc(C)c(OC2CCN(C(=O)c3ccc4n[nH]nc4c3)CC2)c1. The number of rotatable bonds is 3. The molecule has 0 aliphatic carbocycles. The molecule has 0 spiro atoms. The van der Waals surface area contributed by atoms with E-state index < -0.39 is 0 Å². The Kier molecular flexibility index (Phi) is 4.32. The highest BCUT2D eigenvalue weighted by Gasteiger charge is 2.25. The Balaban J connectivity index is 1.39. The number of aryl methyl sites for hydroxylation is 2. The molecule has 4 rings (SSSR count). The number of carbonyl (C=O) groups excluding carboxylic acids is 1. The quantitative estimate of drug-likeness (QED) is 0.787. The minimum absolute atomic E-state index is 0.0417. The van der Waals surface area contributed by atoms with E-state index in [0.717, 1.165) is 29.7 Å². The van der Waals surface area contributed by atoms with Gasteiger partial charge in [0.1, 0.15) is 22.9 Å². The molecule has 3 aromatic rings. The molecule has 6 heteroatoms. The second-order valence-corrected chi connectivity index (χ2v) is 6.91. The van der Waals surface area contributed by atoms with Crippen LogP contribution in [0, 0.1) is 13.8 Å². The predicted molar refractivity (Wildman–Crippen MR) is 99.4 cm³/mol. The number of aromatic amines is 1. The Labute approximate surface area is 152 Å². The van der Waals surface area contributed by atoms with Crippen molar-refractivity contribution in [3.05, 3.63) is 53.1 Å². The van der Waals surface area contributed by atoms with Gasteiger partial charge in [-0.2, -0.15) is 15.4 Å². The van der Waals surface area contributed by atoms with Crippen molar-refractivity contribution >= 4 is 16.9 Å². The molecule has 1 N–H and O–H groups in total. The van der Waals surface area contributed by atoms with Crippen LogP contribution in [0.1, 0.15) is 34.3 Å². The summed E-state index contributed by atoms with van der Waals surface area (Å²) in [6.45, 7) is 5.53. The standard InChI is InChI=1S/C20H22N4O2/c1-13-3-4-14(2)19(11-13)26-16-7-9-24(10-8-16)20(25)15-5-6-17-18(12-15)22-23-21-17/h3-6,11-12,16H,7-10H2,1-2H3,(H,21,22,23). The van der Waals surface area contributed by atoms with Gasteiger partial charge in [0.2, 0.25) is 0 Å². The van der Waals surface area contributed by atoms with E-state index >= 15 is 0 Å². The fourth-order valence-corrected chi connectivity index (χ4v) is 3.35. The summed E-state index contributed by atoms with van der Waals surface area (Å²) in [5.74, 6) is 0.992. The summed E-state index contributed by atoms with van der Waals surface area (Å²) in [6.07, 6.45) is 1.83. The first kappa shape index (κ1) is 16.6. The van der Waals surface area contributed by atoms with Gasteiger partial charge in [-0.15, -0.1) is 0 Å². The van der Waals surface area contributed by atoms with Crippen LogP contribution in [0.3, 0.4) is 0 Å². The van der Waals surface area contributed by atoms with Gasteiger partial charge in [0.15, 0.2) is 0 Å². The van der Waals surface area contributed by atoms with E-state index in [1.54, 1.807) is 6.07 Å². The molecule has 26 heavy (non-hydrogen) atoms. The van der Waals surface area contributed by atoms with Crippen molar-refractivity contribution in [1.82, 2.24) is 20.3 Å². The smallest absolute Gasteiger partial charge is 0.253 e. The van der Waals surface area contributed by atoms with Gasteiger partial charge in [0, 0.05) is 31.5 Å². The van der Waals surface area contributed by atoms with Crippen LogP contribution < -0.4 is 4.74 Å².